The van der Waals surface area contributed by atoms with Crippen molar-refractivity contribution in [1.82, 2.24) is 4.98 Å². The van der Waals surface area contributed by atoms with Gasteiger partial charge >= 0.3 is 0 Å². The molecular weight excluding hydrogens is 422 g/mol. The summed E-state index contributed by atoms with van der Waals surface area (Å²) in [5.74, 6) is 0. The summed E-state index contributed by atoms with van der Waals surface area (Å²) < 4.78 is 0. The number of hydrogen-bond donors (Lipinski definition) is 0. The van der Waals surface area contributed by atoms with Crippen molar-refractivity contribution in [1.29, 1.82) is 0 Å². The number of benzene rings is 4. The molecule has 1 nitrogen and oxygen atoms in total. The number of aromatic nitrogens is 1. The highest BCUT2D eigenvalue weighted by Crippen LogP contribution is 2.37. The van der Waals surface area contributed by atoms with E-state index in [1.165, 1.54) is 27.8 Å². The molecule has 0 saturated carbocycles. The second kappa shape index (κ2) is 8.50. The number of hydrogen-bond acceptors (Lipinski definition) is 1. The third-order valence-electron chi connectivity index (χ3n) is 6.70. The molecular formula is C31H24ClN. The van der Waals surface area contributed by atoms with E-state index in [0.29, 0.717) is 0 Å². The lowest BCUT2D eigenvalue weighted by Crippen LogP contribution is -2.02. The Balaban J connectivity index is 1.57. The summed E-state index contributed by atoms with van der Waals surface area (Å²) in [6.45, 7) is 0. The van der Waals surface area contributed by atoms with Crippen molar-refractivity contribution in [3.05, 3.63) is 124 Å². The quantitative estimate of drug-likeness (QED) is 0.267. The fourth-order valence-corrected chi connectivity index (χ4v) is 5.05. The van der Waals surface area contributed by atoms with Gasteiger partial charge < -0.3 is 0 Å². The number of fused-ring (bicyclic) bond motifs is 1. The maximum Gasteiger partial charge on any atom is 0.0790 e. The minimum Gasteiger partial charge on any atom is -0.247 e. The van der Waals surface area contributed by atoms with E-state index in [-0.39, 0.29) is 0 Å². The first-order chi connectivity index (χ1) is 16.2. The van der Waals surface area contributed by atoms with Gasteiger partial charge in [-0.05, 0) is 83.8 Å². The molecule has 5 aromatic rings. The maximum atomic E-state index is 6.40. The zero-order chi connectivity index (χ0) is 22.2. The first-order valence-corrected chi connectivity index (χ1v) is 12.0. The molecule has 33 heavy (non-hydrogen) atoms. The number of nitrogens with zero attached hydrogens (tertiary/aromatic N) is 1. The smallest absolute Gasteiger partial charge is 0.0790 e. The zero-order valence-corrected chi connectivity index (χ0v) is 19.1. The highest BCUT2D eigenvalue weighted by Gasteiger charge is 2.16. The van der Waals surface area contributed by atoms with Gasteiger partial charge in [0.1, 0.15) is 0 Å². The molecule has 4 aliphatic rings. The molecule has 0 spiro atoms. The van der Waals surface area contributed by atoms with Crippen LogP contribution in [0.5, 0.6) is 0 Å². The van der Waals surface area contributed by atoms with Crippen LogP contribution in [0.4, 0.5) is 0 Å². The predicted octanol–water partition coefficient (Wildman–Crippen LogP) is 8.11. The third-order valence-corrected chi connectivity index (χ3v) is 6.93. The molecule has 0 N–H and O–H groups in total. The van der Waals surface area contributed by atoms with Crippen LogP contribution in [0.3, 0.4) is 0 Å². The van der Waals surface area contributed by atoms with Gasteiger partial charge in [0, 0.05) is 21.5 Å². The van der Waals surface area contributed by atoms with Crippen molar-refractivity contribution in [2.24, 2.45) is 0 Å². The van der Waals surface area contributed by atoms with Gasteiger partial charge in [-0.3, -0.25) is 0 Å². The number of para-hydroxylation sites is 1. The molecule has 0 atom stereocenters. The highest BCUT2D eigenvalue weighted by atomic mass is 35.5. The largest absolute Gasteiger partial charge is 0.247 e. The lowest BCUT2D eigenvalue weighted by molar-refractivity contribution is 0.922. The van der Waals surface area contributed by atoms with Crippen LogP contribution >= 0.6 is 11.6 Å². The molecule has 160 valence electrons. The minimum absolute atomic E-state index is 0.741. The second-order valence-electron chi connectivity index (χ2n) is 8.90. The van der Waals surface area contributed by atoms with Crippen molar-refractivity contribution >= 4 is 22.5 Å². The molecule has 4 aromatic carbocycles. The first-order valence-electron chi connectivity index (χ1n) is 11.6. The van der Waals surface area contributed by atoms with Gasteiger partial charge in [-0.2, -0.15) is 0 Å². The van der Waals surface area contributed by atoms with Gasteiger partial charge in [-0.1, -0.05) is 78.3 Å². The highest BCUT2D eigenvalue weighted by molar-refractivity contribution is 6.30. The fourth-order valence-electron chi connectivity index (χ4n) is 4.86. The molecule has 4 bridgehead atoms. The van der Waals surface area contributed by atoms with Gasteiger partial charge in [0.25, 0.3) is 0 Å². The van der Waals surface area contributed by atoms with Crippen molar-refractivity contribution in [3.63, 3.8) is 0 Å². The topological polar surface area (TPSA) is 12.9 Å². The minimum atomic E-state index is 0.741. The van der Waals surface area contributed by atoms with Crippen molar-refractivity contribution in [2.45, 2.75) is 25.7 Å². The Morgan fingerprint density at radius 3 is 2.12 bits per heavy atom. The summed E-state index contributed by atoms with van der Waals surface area (Å²) in [6.07, 6.45) is 4.07. The Labute approximate surface area is 199 Å². The Hall–Kier alpha value is -3.42. The molecule has 2 heteroatoms. The van der Waals surface area contributed by atoms with Crippen LogP contribution < -0.4 is 0 Å². The Morgan fingerprint density at radius 2 is 1.30 bits per heavy atom. The molecule has 0 aliphatic heterocycles. The van der Waals surface area contributed by atoms with Crippen LogP contribution in [0, 0.1) is 0 Å². The number of rotatable bonds is 2. The fraction of sp³-hybridized carbons (Fsp3) is 0.129. The average Bonchev–Trinajstić information content (AvgIpc) is 2.85. The summed E-state index contributed by atoms with van der Waals surface area (Å²) >= 11 is 6.40. The Kier molecular flexibility index (Phi) is 5.20. The summed E-state index contributed by atoms with van der Waals surface area (Å²) in [7, 11) is 0. The monoisotopic (exact) mass is 445 g/mol. The summed E-state index contributed by atoms with van der Waals surface area (Å²) in [6, 6.07) is 34.9. The second-order valence-corrected chi connectivity index (χ2v) is 9.33. The molecule has 0 radical (unpaired) electrons. The SMILES string of the molecule is Clc1cccc(-c2cc3ccccc3nc2-c2cc3ccc2CCc2ccc(cc2)CC3)c1. The van der Waals surface area contributed by atoms with E-state index in [1.54, 1.807) is 0 Å². The maximum absolute atomic E-state index is 6.40. The van der Waals surface area contributed by atoms with Crippen LogP contribution in [0.15, 0.2) is 97.1 Å². The molecule has 0 fully saturated rings. The summed E-state index contributed by atoms with van der Waals surface area (Å²) in [5.41, 5.74) is 11.0. The van der Waals surface area contributed by atoms with Crippen molar-refractivity contribution < 1.29 is 0 Å². The first kappa shape index (κ1) is 20.2. The van der Waals surface area contributed by atoms with Crippen LogP contribution in [0.1, 0.15) is 22.3 Å². The van der Waals surface area contributed by atoms with E-state index < -0.39 is 0 Å². The van der Waals surface area contributed by atoms with E-state index in [4.69, 9.17) is 16.6 Å². The molecule has 9 rings (SSSR count). The van der Waals surface area contributed by atoms with Crippen LogP contribution in [0.25, 0.3) is 33.3 Å². The Bertz CT molecular complexity index is 1470. The van der Waals surface area contributed by atoms with Gasteiger partial charge in [-0.25, -0.2) is 4.98 Å². The standard InChI is InChI=1S/C31H24ClN/c32-27-6-3-5-25(19-27)29-20-26-4-1-2-7-30(26)33-31(29)28-18-23-13-12-21-8-10-22(11-9-21)14-16-24(28)17-15-23/h1-11,15,17-20H,12-14,16H2. The van der Waals surface area contributed by atoms with Crippen LogP contribution in [-0.4, -0.2) is 4.98 Å². The van der Waals surface area contributed by atoms with Gasteiger partial charge in [0.15, 0.2) is 0 Å². The summed E-state index contributed by atoms with van der Waals surface area (Å²) in [4.78, 5) is 5.22. The van der Waals surface area contributed by atoms with Crippen LogP contribution in [0.2, 0.25) is 5.02 Å². The van der Waals surface area contributed by atoms with E-state index in [2.05, 4.69) is 78.9 Å². The van der Waals surface area contributed by atoms with Crippen molar-refractivity contribution in [3.8, 4) is 22.4 Å². The third kappa shape index (κ3) is 4.05. The molecule has 0 unspecified atom stereocenters. The Morgan fingerprint density at radius 1 is 0.576 bits per heavy atom. The molecule has 4 aliphatic carbocycles. The molecule has 0 saturated heterocycles. The van der Waals surface area contributed by atoms with E-state index >= 15 is 0 Å². The zero-order valence-electron chi connectivity index (χ0n) is 18.4. The molecule has 1 aromatic heterocycles. The van der Waals surface area contributed by atoms with E-state index in [1.807, 2.05) is 18.2 Å². The van der Waals surface area contributed by atoms with Gasteiger partial charge in [0.05, 0.1) is 11.2 Å². The lowest BCUT2D eigenvalue weighted by atomic mass is 9.89. The van der Waals surface area contributed by atoms with Gasteiger partial charge in [-0.15, -0.1) is 0 Å². The van der Waals surface area contributed by atoms with Gasteiger partial charge in [0.2, 0.25) is 0 Å². The summed E-state index contributed by atoms with van der Waals surface area (Å²) in [5, 5.41) is 1.88. The normalized spacial score (nSPS) is 13.1. The number of aryl methyl sites for hydroxylation is 4. The average molecular weight is 446 g/mol. The number of halogens is 1. The van der Waals surface area contributed by atoms with Crippen LogP contribution in [-0.2, 0) is 25.7 Å². The molecule has 0 amide bonds. The lowest BCUT2D eigenvalue weighted by Gasteiger charge is -2.17. The van der Waals surface area contributed by atoms with Crippen molar-refractivity contribution in [2.75, 3.05) is 0 Å². The number of pyridine rings is 1. The van der Waals surface area contributed by atoms with E-state index in [0.717, 1.165) is 58.4 Å². The van der Waals surface area contributed by atoms with E-state index in [9.17, 15) is 0 Å². The molecule has 1 heterocycles. The predicted molar refractivity (Wildman–Crippen MR) is 139 cm³/mol.